The maximum absolute atomic E-state index is 12.6. The van der Waals surface area contributed by atoms with E-state index in [1.807, 2.05) is 37.3 Å². The third kappa shape index (κ3) is 4.98. The molecule has 4 aromatic rings. The lowest BCUT2D eigenvalue weighted by atomic mass is 10.1. The van der Waals surface area contributed by atoms with Gasteiger partial charge in [-0.05, 0) is 56.2 Å². The first-order valence-corrected chi connectivity index (χ1v) is 11.1. The number of carbonyl (C=O) groups is 2. The zero-order chi connectivity index (χ0) is 25.8. The molecule has 0 saturated heterocycles. The van der Waals surface area contributed by atoms with Crippen LogP contribution in [-0.2, 0) is 14.3 Å². The van der Waals surface area contributed by atoms with E-state index in [2.05, 4.69) is 11.4 Å². The summed E-state index contributed by atoms with van der Waals surface area (Å²) in [7, 11) is 0. The SMILES string of the molecule is Cc1c(C#N)c(NC(=O)COC(=O)COc2ccc3c(C)cc(=O)oc3c2)n(-c2ccccc2)c1C. The smallest absolute Gasteiger partial charge is 0.344 e. The normalized spacial score (nSPS) is 10.6. The zero-order valence-corrected chi connectivity index (χ0v) is 20.0. The predicted molar refractivity (Wildman–Crippen MR) is 132 cm³/mol. The highest BCUT2D eigenvalue weighted by molar-refractivity contribution is 5.94. The van der Waals surface area contributed by atoms with Gasteiger partial charge in [0.1, 0.15) is 23.2 Å². The fourth-order valence-corrected chi connectivity index (χ4v) is 3.85. The minimum Gasteiger partial charge on any atom is -0.482 e. The van der Waals surface area contributed by atoms with Crippen LogP contribution in [0, 0.1) is 32.1 Å². The average molecular weight is 485 g/mol. The van der Waals surface area contributed by atoms with E-state index < -0.39 is 30.7 Å². The maximum atomic E-state index is 12.6. The van der Waals surface area contributed by atoms with Crippen molar-refractivity contribution in [3.05, 3.63) is 87.4 Å². The number of nitrogens with zero attached hydrogens (tertiary/aromatic N) is 2. The maximum Gasteiger partial charge on any atom is 0.344 e. The summed E-state index contributed by atoms with van der Waals surface area (Å²) in [6.45, 7) is 4.45. The molecule has 9 nitrogen and oxygen atoms in total. The van der Waals surface area contributed by atoms with Gasteiger partial charge < -0.3 is 19.2 Å². The Morgan fingerprint density at radius 1 is 1.06 bits per heavy atom. The molecule has 2 aromatic heterocycles. The lowest BCUT2D eigenvalue weighted by Gasteiger charge is -2.13. The van der Waals surface area contributed by atoms with Gasteiger partial charge in [0.15, 0.2) is 13.2 Å². The van der Waals surface area contributed by atoms with Gasteiger partial charge in [-0.3, -0.25) is 9.36 Å². The molecule has 2 heterocycles. The number of para-hydroxylation sites is 1. The van der Waals surface area contributed by atoms with Gasteiger partial charge in [0.2, 0.25) is 0 Å². The quantitative estimate of drug-likeness (QED) is 0.311. The van der Waals surface area contributed by atoms with Gasteiger partial charge in [0.05, 0.1) is 5.56 Å². The van der Waals surface area contributed by atoms with Crippen LogP contribution >= 0.6 is 0 Å². The van der Waals surface area contributed by atoms with Crippen LogP contribution in [0.1, 0.15) is 22.4 Å². The van der Waals surface area contributed by atoms with E-state index in [1.165, 1.54) is 12.1 Å². The summed E-state index contributed by atoms with van der Waals surface area (Å²) in [5.41, 5.74) is 3.28. The van der Waals surface area contributed by atoms with Gasteiger partial charge in [-0.25, -0.2) is 9.59 Å². The van der Waals surface area contributed by atoms with Gasteiger partial charge in [0.25, 0.3) is 5.91 Å². The van der Waals surface area contributed by atoms with E-state index in [1.54, 1.807) is 30.5 Å². The molecule has 0 saturated carbocycles. The van der Waals surface area contributed by atoms with E-state index in [0.717, 1.165) is 27.9 Å². The summed E-state index contributed by atoms with van der Waals surface area (Å²) in [5, 5.41) is 13.1. The number of amides is 1. The van der Waals surface area contributed by atoms with Crippen LogP contribution in [0.3, 0.4) is 0 Å². The van der Waals surface area contributed by atoms with E-state index in [4.69, 9.17) is 13.9 Å². The predicted octanol–water partition coefficient (Wildman–Crippen LogP) is 3.94. The highest BCUT2D eigenvalue weighted by Gasteiger charge is 2.21. The number of benzene rings is 2. The molecule has 0 bridgehead atoms. The number of aryl methyl sites for hydroxylation is 1. The van der Waals surface area contributed by atoms with Crippen LogP contribution < -0.4 is 15.7 Å². The van der Waals surface area contributed by atoms with Crippen molar-refractivity contribution in [2.24, 2.45) is 0 Å². The molecule has 4 rings (SSSR count). The average Bonchev–Trinajstić information content (AvgIpc) is 3.10. The Balaban J connectivity index is 1.39. The molecule has 0 aliphatic rings. The molecular weight excluding hydrogens is 462 g/mol. The Bertz CT molecular complexity index is 1560. The van der Waals surface area contributed by atoms with Crippen LogP contribution in [0.5, 0.6) is 5.75 Å². The Labute approximate surface area is 206 Å². The van der Waals surface area contributed by atoms with Crippen LogP contribution in [0.15, 0.2) is 63.8 Å². The van der Waals surface area contributed by atoms with Crippen LogP contribution in [0.4, 0.5) is 5.82 Å². The molecular formula is C27H23N3O6. The number of nitriles is 1. The third-order valence-corrected chi connectivity index (χ3v) is 5.74. The fourth-order valence-electron chi connectivity index (χ4n) is 3.85. The van der Waals surface area contributed by atoms with Crippen molar-refractivity contribution in [2.75, 3.05) is 18.5 Å². The van der Waals surface area contributed by atoms with Crippen LogP contribution in [0.2, 0.25) is 0 Å². The first kappa shape index (κ1) is 24.3. The largest absolute Gasteiger partial charge is 0.482 e. The Morgan fingerprint density at radius 3 is 2.53 bits per heavy atom. The molecule has 1 N–H and O–H groups in total. The third-order valence-electron chi connectivity index (χ3n) is 5.74. The number of rotatable bonds is 7. The van der Waals surface area contributed by atoms with E-state index >= 15 is 0 Å². The van der Waals surface area contributed by atoms with Crippen molar-refractivity contribution in [1.82, 2.24) is 4.57 Å². The molecule has 36 heavy (non-hydrogen) atoms. The number of hydrogen-bond acceptors (Lipinski definition) is 7. The van der Waals surface area contributed by atoms with E-state index in [9.17, 15) is 19.6 Å². The minimum absolute atomic E-state index is 0.308. The molecule has 0 fully saturated rings. The highest BCUT2D eigenvalue weighted by Crippen LogP contribution is 2.30. The Morgan fingerprint density at radius 2 is 1.81 bits per heavy atom. The van der Waals surface area contributed by atoms with Crippen LogP contribution in [-0.4, -0.2) is 29.7 Å². The Hall–Kier alpha value is -4.84. The zero-order valence-electron chi connectivity index (χ0n) is 20.0. The number of hydrogen-bond donors (Lipinski definition) is 1. The summed E-state index contributed by atoms with van der Waals surface area (Å²) in [5.74, 6) is -0.744. The number of nitrogens with one attached hydrogen (secondary N) is 1. The summed E-state index contributed by atoms with van der Waals surface area (Å²) >= 11 is 0. The molecule has 0 aliphatic heterocycles. The summed E-state index contributed by atoms with van der Waals surface area (Å²) in [6, 6.07) is 17.7. The molecule has 9 heteroatoms. The number of carbonyl (C=O) groups excluding carboxylic acids is 2. The fraction of sp³-hybridized carbons (Fsp3) is 0.185. The molecule has 2 aromatic carbocycles. The molecule has 0 atom stereocenters. The lowest BCUT2D eigenvalue weighted by Crippen LogP contribution is -2.25. The van der Waals surface area contributed by atoms with Crippen molar-refractivity contribution in [3.8, 4) is 17.5 Å². The molecule has 0 unspecified atom stereocenters. The van der Waals surface area contributed by atoms with Crippen molar-refractivity contribution < 1.29 is 23.5 Å². The Kier molecular flexibility index (Phi) is 6.88. The monoisotopic (exact) mass is 485 g/mol. The van der Waals surface area contributed by atoms with Crippen molar-refractivity contribution in [2.45, 2.75) is 20.8 Å². The number of esters is 1. The summed E-state index contributed by atoms with van der Waals surface area (Å²) < 4.78 is 17.4. The van der Waals surface area contributed by atoms with Crippen LogP contribution in [0.25, 0.3) is 16.7 Å². The molecule has 0 radical (unpaired) electrons. The first-order chi connectivity index (χ1) is 17.3. The first-order valence-electron chi connectivity index (χ1n) is 11.1. The topological polar surface area (TPSA) is 124 Å². The highest BCUT2D eigenvalue weighted by atomic mass is 16.6. The molecule has 1 amide bonds. The second-order valence-electron chi connectivity index (χ2n) is 8.12. The summed E-state index contributed by atoms with van der Waals surface area (Å²) in [4.78, 5) is 36.3. The molecule has 182 valence electrons. The molecule has 0 spiro atoms. The minimum atomic E-state index is -0.762. The van der Waals surface area contributed by atoms with E-state index in [0.29, 0.717) is 22.7 Å². The second-order valence-corrected chi connectivity index (χ2v) is 8.12. The number of aromatic nitrogens is 1. The van der Waals surface area contributed by atoms with Crippen molar-refractivity contribution in [3.63, 3.8) is 0 Å². The standard InChI is InChI=1S/C27H23N3O6/c1-16-11-25(32)36-23-12-20(9-10-21(16)23)34-15-26(33)35-14-24(31)29-27-22(13-28)17(2)18(3)30(27)19-7-5-4-6-8-19/h4-12H,14-15H2,1-3H3,(H,29,31). The van der Waals surface area contributed by atoms with Crippen molar-refractivity contribution in [1.29, 1.82) is 5.26 Å². The number of ether oxygens (including phenoxy) is 2. The summed E-state index contributed by atoms with van der Waals surface area (Å²) in [6.07, 6.45) is 0. The second kappa shape index (κ2) is 10.2. The number of anilines is 1. The van der Waals surface area contributed by atoms with E-state index in [-0.39, 0.29) is 0 Å². The number of fused-ring (bicyclic) bond motifs is 1. The molecule has 0 aliphatic carbocycles. The van der Waals surface area contributed by atoms with Gasteiger partial charge in [0, 0.05) is 28.9 Å². The lowest BCUT2D eigenvalue weighted by molar-refractivity contribution is -0.149. The van der Waals surface area contributed by atoms with Gasteiger partial charge in [-0.15, -0.1) is 0 Å². The van der Waals surface area contributed by atoms with Crippen molar-refractivity contribution >= 4 is 28.7 Å². The van der Waals surface area contributed by atoms with Gasteiger partial charge in [-0.2, -0.15) is 5.26 Å². The van der Waals surface area contributed by atoms with Gasteiger partial charge >= 0.3 is 11.6 Å². The van der Waals surface area contributed by atoms with Gasteiger partial charge in [-0.1, -0.05) is 18.2 Å².